The average molecular weight is 387 g/mol. The molecule has 28 heavy (non-hydrogen) atoms. The molecule has 0 bridgehead atoms. The quantitative estimate of drug-likeness (QED) is 0.322. The van der Waals surface area contributed by atoms with E-state index < -0.39 is 0 Å². The van der Waals surface area contributed by atoms with Gasteiger partial charge in [0.25, 0.3) is 0 Å². The number of aliphatic imine (C=N–C) groups is 1. The van der Waals surface area contributed by atoms with Crippen molar-refractivity contribution in [1.82, 2.24) is 15.1 Å². The molecule has 1 N–H and O–H groups in total. The molecule has 1 aromatic rings. The van der Waals surface area contributed by atoms with Crippen molar-refractivity contribution in [2.75, 3.05) is 53.5 Å². The normalized spacial score (nSPS) is 20.0. The Hall–Kier alpha value is -2.21. The van der Waals surface area contributed by atoms with E-state index in [1.165, 1.54) is 12.0 Å². The number of ether oxygens (including phenoxy) is 2. The number of rotatable bonds is 8. The Morgan fingerprint density at radius 1 is 1.25 bits per heavy atom. The van der Waals surface area contributed by atoms with Crippen LogP contribution in [0.5, 0.6) is 11.5 Å². The highest BCUT2D eigenvalue weighted by Gasteiger charge is 2.29. The number of methoxy groups -OCH3 is 1. The lowest BCUT2D eigenvalue weighted by Gasteiger charge is -2.25. The largest absolute Gasteiger partial charge is 0.493 e. The van der Waals surface area contributed by atoms with Gasteiger partial charge in [-0.15, -0.1) is 0 Å². The average Bonchev–Trinajstić information content (AvgIpc) is 3.40. The summed E-state index contributed by atoms with van der Waals surface area (Å²) in [5.74, 6) is 2.64. The summed E-state index contributed by atoms with van der Waals surface area (Å²) >= 11 is 0. The number of likely N-dealkylation sites (tertiary alicyclic amines) is 1. The van der Waals surface area contributed by atoms with Crippen molar-refractivity contribution >= 4 is 5.96 Å². The van der Waals surface area contributed by atoms with Crippen LogP contribution < -0.4 is 14.8 Å². The van der Waals surface area contributed by atoms with Gasteiger partial charge in [-0.3, -0.25) is 9.89 Å². The van der Waals surface area contributed by atoms with E-state index in [-0.39, 0.29) is 0 Å². The molecule has 1 aromatic carbocycles. The van der Waals surface area contributed by atoms with E-state index >= 15 is 0 Å². The number of guanidine groups is 1. The zero-order valence-corrected chi connectivity index (χ0v) is 17.5. The van der Waals surface area contributed by atoms with Gasteiger partial charge >= 0.3 is 0 Å². The van der Waals surface area contributed by atoms with Crippen LogP contribution in [0.1, 0.15) is 25.3 Å². The predicted octanol–water partition coefficient (Wildman–Crippen LogP) is 2.55. The molecule has 0 amide bonds. The summed E-state index contributed by atoms with van der Waals surface area (Å²) in [4.78, 5) is 9.44. The molecule has 1 fully saturated rings. The van der Waals surface area contributed by atoms with Gasteiger partial charge in [0.15, 0.2) is 17.5 Å². The molecular weight excluding hydrogens is 352 g/mol. The Kier molecular flexibility index (Phi) is 7.60. The standard InChI is InChI=1S/C22H34N4O2/c1-4-28-21-16-18(9-10-20(21)27-3)8-7-12-24-22(23-2)26-15-11-19(17-26)25-13-5-6-14-25/h5-6,9-10,16,19H,4,7-8,11-15,17H2,1-3H3,(H,23,24). The van der Waals surface area contributed by atoms with Crippen molar-refractivity contribution in [2.45, 2.75) is 32.2 Å². The molecule has 154 valence electrons. The van der Waals surface area contributed by atoms with Crippen molar-refractivity contribution in [1.29, 1.82) is 0 Å². The molecule has 6 nitrogen and oxygen atoms in total. The minimum absolute atomic E-state index is 0.641. The van der Waals surface area contributed by atoms with E-state index in [2.05, 4.69) is 44.4 Å². The van der Waals surface area contributed by atoms with Gasteiger partial charge < -0.3 is 19.7 Å². The van der Waals surface area contributed by atoms with E-state index in [1.807, 2.05) is 20.0 Å². The summed E-state index contributed by atoms with van der Waals surface area (Å²) in [6.45, 7) is 7.88. The van der Waals surface area contributed by atoms with Crippen LogP contribution in [-0.4, -0.2) is 75.3 Å². The van der Waals surface area contributed by atoms with Gasteiger partial charge in [0.2, 0.25) is 0 Å². The summed E-state index contributed by atoms with van der Waals surface area (Å²) in [6.07, 6.45) is 7.80. The number of aryl methyl sites for hydroxylation is 1. The fourth-order valence-corrected chi connectivity index (χ4v) is 3.99. The molecule has 1 saturated heterocycles. The molecule has 0 spiro atoms. The van der Waals surface area contributed by atoms with Gasteiger partial charge in [-0.25, -0.2) is 0 Å². The van der Waals surface area contributed by atoms with Crippen molar-refractivity contribution in [3.8, 4) is 11.5 Å². The molecule has 0 aliphatic carbocycles. The van der Waals surface area contributed by atoms with Gasteiger partial charge in [0.05, 0.1) is 13.7 Å². The summed E-state index contributed by atoms with van der Waals surface area (Å²) in [5.41, 5.74) is 1.27. The Labute approximate surface area is 169 Å². The molecule has 1 unspecified atom stereocenters. The third-order valence-electron chi connectivity index (χ3n) is 5.49. The lowest BCUT2D eigenvalue weighted by molar-refractivity contribution is 0.259. The summed E-state index contributed by atoms with van der Waals surface area (Å²) in [5, 5.41) is 3.54. The smallest absolute Gasteiger partial charge is 0.193 e. The highest BCUT2D eigenvalue weighted by Crippen LogP contribution is 2.28. The second kappa shape index (κ2) is 10.4. The fourth-order valence-electron chi connectivity index (χ4n) is 3.99. The first kappa shape index (κ1) is 20.5. The summed E-state index contributed by atoms with van der Waals surface area (Å²) in [7, 11) is 3.56. The molecule has 3 rings (SSSR count). The van der Waals surface area contributed by atoms with Crippen LogP contribution in [0.4, 0.5) is 0 Å². The Morgan fingerprint density at radius 2 is 2.07 bits per heavy atom. The lowest BCUT2D eigenvalue weighted by Crippen LogP contribution is -2.43. The Morgan fingerprint density at radius 3 is 2.79 bits per heavy atom. The first-order valence-electron chi connectivity index (χ1n) is 10.4. The van der Waals surface area contributed by atoms with Crippen LogP contribution in [-0.2, 0) is 6.42 Å². The number of hydrogen-bond donors (Lipinski definition) is 1. The number of benzene rings is 1. The first-order chi connectivity index (χ1) is 13.7. The SMILES string of the molecule is CCOc1cc(CCCNC(=NC)N2CCC(N3CC=CC3)C2)ccc1OC. The van der Waals surface area contributed by atoms with Crippen LogP contribution >= 0.6 is 0 Å². The zero-order valence-electron chi connectivity index (χ0n) is 17.5. The van der Waals surface area contributed by atoms with Gasteiger partial charge in [0, 0.05) is 45.8 Å². The summed E-state index contributed by atoms with van der Waals surface area (Å²) < 4.78 is 11.0. The van der Waals surface area contributed by atoms with Crippen molar-refractivity contribution in [3.63, 3.8) is 0 Å². The maximum absolute atomic E-state index is 5.68. The maximum Gasteiger partial charge on any atom is 0.193 e. The second-order valence-electron chi connectivity index (χ2n) is 7.31. The molecule has 2 aliphatic heterocycles. The molecular formula is C22H34N4O2. The van der Waals surface area contributed by atoms with Gasteiger partial charge in [-0.05, 0) is 43.9 Å². The predicted molar refractivity (Wildman–Crippen MR) is 115 cm³/mol. The minimum atomic E-state index is 0.641. The molecule has 2 aliphatic rings. The monoisotopic (exact) mass is 386 g/mol. The molecule has 6 heteroatoms. The molecule has 0 aromatic heterocycles. The van der Waals surface area contributed by atoms with Gasteiger partial charge in [0.1, 0.15) is 0 Å². The van der Waals surface area contributed by atoms with Crippen LogP contribution in [0.2, 0.25) is 0 Å². The van der Waals surface area contributed by atoms with Crippen LogP contribution in [0, 0.1) is 0 Å². The van der Waals surface area contributed by atoms with Crippen LogP contribution in [0.15, 0.2) is 35.3 Å². The number of nitrogens with zero attached hydrogens (tertiary/aromatic N) is 3. The number of hydrogen-bond acceptors (Lipinski definition) is 4. The Bertz CT molecular complexity index is 681. The molecule has 2 heterocycles. The van der Waals surface area contributed by atoms with Crippen LogP contribution in [0.25, 0.3) is 0 Å². The summed E-state index contributed by atoms with van der Waals surface area (Å²) in [6, 6.07) is 6.84. The van der Waals surface area contributed by atoms with E-state index in [0.29, 0.717) is 12.6 Å². The lowest BCUT2D eigenvalue weighted by atomic mass is 10.1. The molecule has 1 atom stereocenters. The highest BCUT2D eigenvalue weighted by molar-refractivity contribution is 5.80. The van der Waals surface area contributed by atoms with E-state index in [4.69, 9.17) is 9.47 Å². The van der Waals surface area contributed by atoms with E-state index in [1.54, 1.807) is 7.11 Å². The number of nitrogens with one attached hydrogen (secondary N) is 1. The molecule has 0 saturated carbocycles. The van der Waals surface area contributed by atoms with Gasteiger partial charge in [-0.1, -0.05) is 18.2 Å². The zero-order chi connectivity index (χ0) is 19.8. The fraction of sp³-hybridized carbons (Fsp3) is 0.591. The third-order valence-corrected chi connectivity index (χ3v) is 5.49. The topological polar surface area (TPSA) is 49.3 Å². The van der Waals surface area contributed by atoms with E-state index in [9.17, 15) is 0 Å². The van der Waals surface area contributed by atoms with Crippen molar-refractivity contribution < 1.29 is 9.47 Å². The highest BCUT2D eigenvalue weighted by atomic mass is 16.5. The minimum Gasteiger partial charge on any atom is -0.493 e. The Balaban J connectivity index is 1.43. The maximum atomic E-state index is 5.68. The first-order valence-corrected chi connectivity index (χ1v) is 10.4. The molecule has 0 radical (unpaired) electrons. The third kappa shape index (κ3) is 5.19. The van der Waals surface area contributed by atoms with Crippen molar-refractivity contribution in [2.24, 2.45) is 4.99 Å². The van der Waals surface area contributed by atoms with Crippen LogP contribution in [0.3, 0.4) is 0 Å². The second-order valence-corrected chi connectivity index (χ2v) is 7.31. The van der Waals surface area contributed by atoms with E-state index in [0.717, 1.165) is 63.0 Å². The van der Waals surface area contributed by atoms with Crippen molar-refractivity contribution in [3.05, 3.63) is 35.9 Å². The van der Waals surface area contributed by atoms with Gasteiger partial charge in [-0.2, -0.15) is 0 Å².